The predicted molar refractivity (Wildman–Crippen MR) is 93.9 cm³/mol. The minimum absolute atomic E-state index is 0.0391. The fourth-order valence-corrected chi connectivity index (χ4v) is 2.57. The van der Waals surface area contributed by atoms with Crippen LogP contribution in [-0.4, -0.2) is 64.5 Å². The van der Waals surface area contributed by atoms with Crippen molar-refractivity contribution in [1.29, 1.82) is 0 Å². The second-order valence-corrected chi connectivity index (χ2v) is 6.11. The van der Waals surface area contributed by atoms with E-state index in [4.69, 9.17) is 14.6 Å². The molecule has 10 heteroatoms. The van der Waals surface area contributed by atoms with E-state index in [1.54, 1.807) is 12.1 Å². The first-order valence-corrected chi connectivity index (χ1v) is 8.60. The van der Waals surface area contributed by atoms with E-state index in [9.17, 15) is 14.0 Å². The number of rotatable bonds is 5. The van der Waals surface area contributed by atoms with Crippen molar-refractivity contribution in [1.82, 2.24) is 20.4 Å². The third-order valence-electron chi connectivity index (χ3n) is 4.05. The van der Waals surface area contributed by atoms with Gasteiger partial charge in [0.05, 0.1) is 19.3 Å². The largest absolute Gasteiger partial charge is 0.492 e. The second-order valence-electron chi connectivity index (χ2n) is 6.11. The summed E-state index contributed by atoms with van der Waals surface area (Å²) in [5, 5.41) is 18.7. The average molecular weight is 390 g/mol. The molecule has 0 saturated carbocycles. The molecule has 1 aromatic heterocycles. The van der Waals surface area contributed by atoms with E-state index in [0.717, 1.165) is 0 Å². The maximum absolute atomic E-state index is 12.9. The standard InChI is InChI=1S/C18H19FN4O5/c19-13-3-1-12(2-4-13)11-28-18(26)23-7-8-27-14(10-23)9-20-17(25)15-5-6-16(24)22-21-15/h1-6,14H,7-11H2,(H,20,25)(H,22,24)/t14-/m1/s1. The number of carbonyl (C=O) groups is 2. The van der Waals surface area contributed by atoms with Gasteiger partial charge in [-0.05, 0) is 23.8 Å². The Balaban J connectivity index is 1.45. The summed E-state index contributed by atoms with van der Waals surface area (Å²) in [6.07, 6.45) is -0.908. The molecule has 1 atom stereocenters. The van der Waals surface area contributed by atoms with Crippen molar-refractivity contribution >= 4 is 12.0 Å². The van der Waals surface area contributed by atoms with Gasteiger partial charge in [0.2, 0.25) is 5.88 Å². The first-order chi connectivity index (χ1) is 13.5. The number of nitrogens with zero attached hydrogens (tertiary/aromatic N) is 3. The molecule has 1 aliphatic rings. The third kappa shape index (κ3) is 5.36. The molecule has 0 spiro atoms. The quantitative estimate of drug-likeness (QED) is 0.785. The summed E-state index contributed by atoms with van der Waals surface area (Å²) in [5.41, 5.74) is 0.742. The minimum Gasteiger partial charge on any atom is -0.492 e. The van der Waals surface area contributed by atoms with Gasteiger partial charge < -0.3 is 24.8 Å². The number of aromatic hydroxyl groups is 1. The predicted octanol–water partition coefficient (Wildman–Crippen LogP) is 1.09. The van der Waals surface area contributed by atoms with Crippen LogP contribution in [0.5, 0.6) is 5.88 Å². The molecule has 9 nitrogen and oxygen atoms in total. The molecule has 1 aliphatic heterocycles. The molecule has 0 radical (unpaired) electrons. The fraction of sp³-hybridized carbons (Fsp3) is 0.333. The number of amides is 2. The Morgan fingerprint density at radius 1 is 1.25 bits per heavy atom. The summed E-state index contributed by atoms with van der Waals surface area (Å²) in [6, 6.07) is 8.31. The van der Waals surface area contributed by atoms with Crippen LogP contribution in [0.1, 0.15) is 16.1 Å². The zero-order valence-electron chi connectivity index (χ0n) is 14.9. The maximum Gasteiger partial charge on any atom is 0.410 e. The molecule has 0 bridgehead atoms. The number of halogens is 1. The molecule has 0 unspecified atom stereocenters. The highest BCUT2D eigenvalue weighted by Gasteiger charge is 2.26. The van der Waals surface area contributed by atoms with Gasteiger partial charge >= 0.3 is 6.09 Å². The van der Waals surface area contributed by atoms with E-state index in [1.807, 2.05) is 0 Å². The van der Waals surface area contributed by atoms with Crippen molar-refractivity contribution in [2.24, 2.45) is 0 Å². The summed E-state index contributed by atoms with van der Waals surface area (Å²) >= 11 is 0. The normalized spacial score (nSPS) is 16.5. The molecular weight excluding hydrogens is 371 g/mol. The Morgan fingerprint density at radius 3 is 2.75 bits per heavy atom. The zero-order valence-corrected chi connectivity index (χ0v) is 14.9. The van der Waals surface area contributed by atoms with Crippen molar-refractivity contribution in [2.75, 3.05) is 26.2 Å². The number of nitrogens with one attached hydrogen (secondary N) is 1. The molecule has 0 aliphatic carbocycles. The van der Waals surface area contributed by atoms with Crippen LogP contribution in [-0.2, 0) is 16.1 Å². The average Bonchev–Trinajstić information content (AvgIpc) is 2.72. The second kappa shape index (κ2) is 9.09. The van der Waals surface area contributed by atoms with Crippen molar-refractivity contribution in [2.45, 2.75) is 12.7 Å². The number of morpholine rings is 1. The number of benzene rings is 1. The van der Waals surface area contributed by atoms with Gasteiger partial charge in [-0.2, -0.15) is 0 Å². The molecule has 148 valence electrons. The lowest BCUT2D eigenvalue weighted by Crippen LogP contribution is -2.49. The molecule has 3 rings (SSSR count). The zero-order chi connectivity index (χ0) is 19.9. The fourth-order valence-electron chi connectivity index (χ4n) is 2.57. The van der Waals surface area contributed by atoms with Gasteiger partial charge in [-0.3, -0.25) is 4.79 Å². The van der Waals surface area contributed by atoms with E-state index in [0.29, 0.717) is 18.7 Å². The minimum atomic E-state index is -0.506. The van der Waals surface area contributed by atoms with E-state index in [2.05, 4.69) is 15.5 Å². The summed E-state index contributed by atoms with van der Waals surface area (Å²) in [6.45, 7) is 1.14. The Hall–Kier alpha value is -3.27. The van der Waals surface area contributed by atoms with Crippen LogP contribution < -0.4 is 5.32 Å². The summed E-state index contributed by atoms with van der Waals surface area (Å²) in [7, 11) is 0. The number of hydrogen-bond donors (Lipinski definition) is 2. The van der Waals surface area contributed by atoms with Crippen molar-refractivity contribution in [3.05, 3.63) is 53.5 Å². The van der Waals surface area contributed by atoms with Gasteiger partial charge in [0.1, 0.15) is 12.4 Å². The Morgan fingerprint density at radius 2 is 2.04 bits per heavy atom. The van der Waals surface area contributed by atoms with Crippen LogP contribution in [0.4, 0.5) is 9.18 Å². The first kappa shape index (κ1) is 19.5. The Kier molecular flexibility index (Phi) is 6.33. The summed E-state index contributed by atoms with van der Waals surface area (Å²) < 4.78 is 23.7. The molecule has 2 amide bonds. The highest BCUT2D eigenvalue weighted by Crippen LogP contribution is 2.10. The van der Waals surface area contributed by atoms with Crippen LogP contribution in [0.3, 0.4) is 0 Å². The maximum atomic E-state index is 12.9. The van der Waals surface area contributed by atoms with Gasteiger partial charge in [0, 0.05) is 19.2 Å². The lowest BCUT2D eigenvalue weighted by molar-refractivity contribution is -0.0264. The lowest BCUT2D eigenvalue weighted by Gasteiger charge is -2.32. The van der Waals surface area contributed by atoms with Gasteiger partial charge in [-0.1, -0.05) is 12.1 Å². The summed E-state index contributed by atoms with van der Waals surface area (Å²) in [4.78, 5) is 25.7. The van der Waals surface area contributed by atoms with Crippen molar-refractivity contribution < 1.29 is 28.6 Å². The van der Waals surface area contributed by atoms with E-state index < -0.39 is 18.1 Å². The van der Waals surface area contributed by atoms with Gasteiger partial charge in [0.15, 0.2) is 5.69 Å². The molecule has 2 N–H and O–H groups in total. The molecular formula is C18H19FN4O5. The third-order valence-corrected chi connectivity index (χ3v) is 4.05. The monoisotopic (exact) mass is 390 g/mol. The number of hydrogen-bond acceptors (Lipinski definition) is 7. The van der Waals surface area contributed by atoms with Gasteiger partial charge in [-0.15, -0.1) is 10.2 Å². The highest BCUT2D eigenvalue weighted by atomic mass is 19.1. The van der Waals surface area contributed by atoms with E-state index in [-0.39, 0.29) is 37.1 Å². The Labute approximate surface area is 160 Å². The topological polar surface area (TPSA) is 114 Å². The van der Waals surface area contributed by atoms with Crippen molar-refractivity contribution in [3.63, 3.8) is 0 Å². The van der Waals surface area contributed by atoms with E-state index in [1.165, 1.54) is 29.2 Å². The SMILES string of the molecule is O=C(NC[C@@H]1CN(C(=O)OCc2ccc(F)cc2)CCO1)c1ccc(O)nn1. The van der Waals surface area contributed by atoms with Crippen LogP contribution in [0.15, 0.2) is 36.4 Å². The van der Waals surface area contributed by atoms with Crippen LogP contribution in [0, 0.1) is 5.82 Å². The molecule has 1 saturated heterocycles. The number of carbonyl (C=O) groups excluding carboxylic acids is 2. The van der Waals surface area contributed by atoms with Crippen LogP contribution >= 0.6 is 0 Å². The molecule has 2 aromatic rings. The van der Waals surface area contributed by atoms with Crippen LogP contribution in [0.25, 0.3) is 0 Å². The van der Waals surface area contributed by atoms with Gasteiger partial charge in [0.25, 0.3) is 5.91 Å². The van der Waals surface area contributed by atoms with Gasteiger partial charge in [-0.25, -0.2) is 9.18 Å². The molecule has 1 fully saturated rings. The highest BCUT2D eigenvalue weighted by molar-refractivity contribution is 5.92. The molecule has 2 heterocycles. The molecule has 1 aromatic carbocycles. The van der Waals surface area contributed by atoms with E-state index >= 15 is 0 Å². The number of aromatic nitrogens is 2. The summed E-state index contributed by atoms with van der Waals surface area (Å²) in [5.74, 6) is -1.10. The van der Waals surface area contributed by atoms with Crippen molar-refractivity contribution in [3.8, 4) is 5.88 Å². The first-order valence-electron chi connectivity index (χ1n) is 8.60. The smallest absolute Gasteiger partial charge is 0.410 e. The molecule has 28 heavy (non-hydrogen) atoms. The Bertz CT molecular complexity index is 816. The van der Waals surface area contributed by atoms with Crippen LogP contribution in [0.2, 0.25) is 0 Å². The lowest BCUT2D eigenvalue weighted by atomic mass is 10.2. The number of ether oxygens (including phenoxy) is 2.